The molecule has 1 saturated heterocycles. The Kier molecular flexibility index (Phi) is 5.61. The first-order valence-corrected chi connectivity index (χ1v) is 8.95. The fourth-order valence-electron chi connectivity index (χ4n) is 2.63. The molecule has 3 rings (SSSR count). The zero-order valence-corrected chi connectivity index (χ0v) is 14.1. The largest absolute Gasteiger partial charge is 0.378 e. The molecule has 0 radical (unpaired) electrons. The summed E-state index contributed by atoms with van der Waals surface area (Å²) in [4.78, 5) is 24.7. The molecular weight excluding hydrogens is 324 g/mol. The van der Waals surface area contributed by atoms with E-state index in [0.717, 1.165) is 25.9 Å². The van der Waals surface area contributed by atoms with E-state index < -0.39 is 0 Å². The highest BCUT2D eigenvalue weighted by Crippen LogP contribution is 2.15. The number of benzene rings is 1. The number of carbonyl (C=O) groups excluding carboxylic acids is 2. The van der Waals surface area contributed by atoms with Crippen LogP contribution in [-0.2, 0) is 4.74 Å². The van der Waals surface area contributed by atoms with E-state index in [4.69, 9.17) is 4.74 Å². The van der Waals surface area contributed by atoms with Crippen LogP contribution in [0.3, 0.4) is 0 Å². The second kappa shape index (κ2) is 8.08. The van der Waals surface area contributed by atoms with Gasteiger partial charge in [-0.2, -0.15) is 0 Å². The lowest BCUT2D eigenvalue weighted by molar-refractivity contribution is 0.0906. The first-order valence-electron chi connectivity index (χ1n) is 8.07. The lowest BCUT2D eigenvalue weighted by atomic mass is 10.1. The minimum Gasteiger partial charge on any atom is -0.378 e. The number of carbonyl (C=O) groups is 2. The summed E-state index contributed by atoms with van der Waals surface area (Å²) < 4.78 is 5.53. The van der Waals surface area contributed by atoms with Gasteiger partial charge in [0.25, 0.3) is 11.8 Å². The molecule has 5 nitrogen and oxygen atoms in total. The molecule has 1 unspecified atom stereocenters. The fourth-order valence-corrected chi connectivity index (χ4v) is 3.25. The van der Waals surface area contributed by atoms with Crippen LogP contribution < -0.4 is 10.6 Å². The molecule has 0 aliphatic carbocycles. The van der Waals surface area contributed by atoms with Crippen LogP contribution in [0.5, 0.6) is 0 Å². The predicted octanol–water partition coefficient (Wildman–Crippen LogP) is 3.30. The van der Waals surface area contributed by atoms with Crippen LogP contribution in [0.25, 0.3) is 0 Å². The molecule has 0 spiro atoms. The third-order valence-corrected chi connectivity index (χ3v) is 4.79. The summed E-state index contributed by atoms with van der Waals surface area (Å²) in [5.74, 6) is -0.247. The first-order chi connectivity index (χ1) is 11.7. The summed E-state index contributed by atoms with van der Waals surface area (Å²) in [6.07, 6.45) is 3.31. The molecule has 1 fully saturated rings. The Bertz CT molecular complexity index is 677. The van der Waals surface area contributed by atoms with Crippen molar-refractivity contribution in [2.45, 2.75) is 25.4 Å². The van der Waals surface area contributed by atoms with Gasteiger partial charge in [-0.1, -0.05) is 6.07 Å². The number of hydrogen-bond acceptors (Lipinski definition) is 4. The van der Waals surface area contributed by atoms with Crippen LogP contribution >= 0.6 is 11.3 Å². The van der Waals surface area contributed by atoms with Gasteiger partial charge in [-0.25, -0.2) is 0 Å². The van der Waals surface area contributed by atoms with Gasteiger partial charge in [-0.3, -0.25) is 9.59 Å². The van der Waals surface area contributed by atoms with Crippen LogP contribution in [-0.4, -0.2) is 31.1 Å². The molecular formula is C18H20N2O3S. The van der Waals surface area contributed by atoms with Gasteiger partial charge in [0.1, 0.15) is 0 Å². The van der Waals surface area contributed by atoms with E-state index in [2.05, 4.69) is 10.6 Å². The van der Waals surface area contributed by atoms with Crippen molar-refractivity contribution in [3.8, 4) is 0 Å². The van der Waals surface area contributed by atoms with Gasteiger partial charge in [0.05, 0.1) is 11.0 Å². The van der Waals surface area contributed by atoms with Gasteiger partial charge in [0.15, 0.2) is 0 Å². The third-order valence-electron chi connectivity index (χ3n) is 3.93. The maximum absolute atomic E-state index is 12.1. The minimum atomic E-state index is -0.140. The van der Waals surface area contributed by atoms with Gasteiger partial charge in [-0.05, 0) is 55.0 Å². The Morgan fingerprint density at radius 2 is 2.00 bits per heavy atom. The molecule has 1 aromatic heterocycles. The molecule has 0 saturated carbocycles. The Hall–Kier alpha value is -2.18. The number of amides is 2. The van der Waals surface area contributed by atoms with E-state index in [1.807, 2.05) is 11.4 Å². The second-order valence-corrected chi connectivity index (χ2v) is 6.64. The number of nitrogens with one attached hydrogen (secondary N) is 2. The van der Waals surface area contributed by atoms with Gasteiger partial charge in [-0.15, -0.1) is 11.3 Å². The average Bonchev–Trinajstić information content (AvgIpc) is 3.29. The maximum Gasteiger partial charge on any atom is 0.265 e. The first kappa shape index (κ1) is 16.7. The standard InChI is InChI=1S/C18H20N2O3S/c21-17(19-10-9-15-3-1-11-23-15)13-5-7-14(8-6-13)20-18(22)16-4-2-12-24-16/h2,4-8,12,15H,1,3,9-11H2,(H,19,21)(H,20,22). The van der Waals surface area contributed by atoms with E-state index in [9.17, 15) is 9.59 Å². The number of hydrogen-bond donors (Lipinski definition) is 2. The van der Waals surface area contributed by atoms with Gasteiger partial charge < -0.3 is 15.4 Å². The SMILES string of the molecule is O=C(NCCC1CCCO1)c1ccc(NC(=O)c2cccs2)cc1. The predicted molar refractivity (Wildman–Crippen MR) is 94.6 cm³/mol. The Morgan fingerprint density at radius 1 is 1.17 bits per heavy atom. The molecule has 126 valence electrons. The average molecular weight is 344 g/mol. The molecule has 2 aromatic rings. The maximum atomic E-state index is 12.1. The highest BCUT2D eigenvalue weighted by Gasteiger charge is 2.15. The number of rotatable bonds is 6. The van der Waals surface area contributed by atoms with E-state index in [1.165, 1.54) is 11.3 Å². The van der Waals surface area contributed by atoms with Crippen LogP contribution in [0.4, 0.5) is 5.69 Å². The summed E-state index contributed by atoms with van der Waals surface area (Å²) in [5, 5.41) is 7.58. The number of thiophene rings is 1. The molecule has 1 aliphatic heterocycles. The quantitative estimate of drug-likeness (QED) is 0.845. The molecule has 2 heterocycles. The zero-order valence-electron chi connectivity index (χ0n) is 13.3. The van der Waals surface area contributed by atoms with Crippen LogP contribution in [0, 0.1) is 0 Å². The van der Waals surface area contributed by atoms with E-state index in [0.29, 0.717) is 22.7 Å². The monoisotopic (exact) mass is 344 g/mol. The van der Waals surface area contributed by atoms with Crippen LogP contribution in [0.2, 0.25) is 0 Å². The summed E-state index contributed by atoms with van der Waals surface area (Å²) in [6.45, 7) is 1.44. The topological polar surface area (TPSA) is 67.4 Å². The molecule has 1 aliphatic rings. The molecule has 1 atom stereocenters. The van der Waals surface area contributed by atoms with Gasteiger partial charge in [0, 0.05) is 24.4 Å². The third kappa shape index (κ3) is 4.43. The van der Waals surface area contributed by atoms with Crippen LogP contribution in [0.1, 0.15) is 39.3 Å². The Balaban J connectivity index is 1.48. The van der Waals surface area contributed by atoms with Gasteiger partial charge >= 0.3 is 0 Å². The molecule has 1 aromatic carbocycles. The summed E-state index contributed by atoms with van der Waals surface area (Å²) in [6, 6.07) is 10.5. The lowest BCUT2D eigenvalue weighted by Crippen LogP contribution is -2.27. The van der Waals surface area contributed by atoms with Gasteiger partial charge in [0.2, 0.25) is 0 Å². The smallest absolute Gasteiger partial charge is 0.265 e. The van der Waals surface area contributed by atoms with Crippen molar-refractivity contribution in [3.63, 3.8) is 0 Å². The van der Waals surface area contributed by atoms with Crippen molar-refractivity contribution in [1.82, 2.24) is 5.32 Å². The fraction of sp³-hybridized carbons (Fsp3) is 0.333. The summed E-state index contributed by atoms with van der Waals surface area (Å²) in [7, 11) is 0. The normalized spacial score (nSPS) is 16.8. The van der Waals surface area contributed by atoms with Crippen molar-refractivity contribution in [1.29, 1.82) is 0 Å². The molecule has 2 amide bonds. The highest BCUT2D eigenvalue weighted by atomic mass is 32.1. The van der Waals surface area contributed by atoms with Crippen molar-refractivity contribution in [2.24, 2.45) is 0 Å². The second-order valence-electron chi connectivity index (χ2n) is 5.69. The summed E-state index contributed by atoms with van der Waals surface area (Å²) in [5.41, 5.74) is 1.25. The molecule has 2 N–H and O–H groups in total. The van der Waals surface area contributed by atoms with E-state index >= 15 is 0 Å². The van der Waals surface area contributed by atoms with E-state index in [-0.39, 0.29) is 17.9 Å². The summed E-state index contributed by atoms with van der Waals surface area (Å²) >= 11 is 1.39. The zero-order chi connectivity index (χ0) is 16.8. The van der Waals surface area contributed by atoms with E-state index in [1.54, 1.807) is 30.3 Å². The van der Waals surface area contributed by atoms with Crippen molar-refractivity contribution < 1.29 is 14.3 Å². The number of ether oxygens (including phenoxy) is 1. The van der Waals surface area contributed by atoms with Crippen molar-refractivity contribution in [3.05, 3.63) is 52.2 Å². The molecule has 0 bridgehead atoms. The lowest BCUT2D eigenvalue weighted by Gasteiger charge is -2.10. The van der Waals surface area contributed by atoms with Crippen LogP contribution in [0.15, 0.2) is 41.8 Å². The molecule has 6 heteroatoms. The highest BCUT2D eigenvalue weighted by molar-refractivity contribution is 7.12. The minimum absolute atomic E-state index is 0.107. The Morgan fingerprint density at radius 3 is 2.67 bits per heavy atom. The number of anilines is 1. The van der Waals surface area contributed by atoms with Crippen molar-refractivity contribution in [2.75, 3.05) is 18.5 Å². The van der Waals surface area contributed by atoms with Crippen molar-refractivity contribution >= 4 is 28.8 Å². The molecule has 24 heavy (non-hydrogen) atoms. The Labute approximate surface area is 145 Å².